The van der Waals surface area contributed by atoms with E-state index in [0.717, 1.165) is 12.1 Å². The highest BCUT2D eigenvalue weighted by Gasteiger charge is 2.31. The molecule has 0 aliphatic carbocycles. The lowest BCUT2D eigenvalue weighted by molar-refractivity contribution is -0.274. The number of hydrogen-bond donors (Lipinski definition) is 2. The van der Waals surface area contributed by atoms with E-state index in [4.69, 9.17) is 10.0 Å². The van der Waals surface area contributed by atoms with Crippen LogP contribution in [0.3, 0.4) is 0 Å². The third kappa shape index (κ3) is 3.27. The molecule has 7 heteroatoms. The number of rotatable bonds is 2. The van der Waals surface area contributed by atoms with Crippen LogP contribution in [0.15, 0.2) is 24.3 Å². The monoisotopic (exact) mass is 210 g/mol. The van der Waals surface area contributed by atoms with Gasteiger partial charge in [0.25, 0.3) is 0 Å². The van der Waals surface area contributed by atoms with Crippen LogP contribution in [0.4, 0.5) is 13.2 Å². The molecule has 1 rings (SSSR count). The molecule has 0 aliphatic heterocycles. The van der Waals surface area contributed by atoms with Crippen LogP contribution in [-0.2, 0) is 0 Å². The Labute approximate surface area is 80.9 Å². The van der Waals surface area contributed by atoms with Crippen molar-refractivity contribution in [3.05, 3.63) is 24.3 Å². The molecule has 0 radical (unpaired) electrons. The highest BCUT2D eigenvalue weighted by molar-refractivity contribution is 6.58. The van der Waals surface area contributed by atoms with E-state index < -0.39 is 19.2 Å². The van der Waals surface area contributed by atoms with Crippen LogP contribution in [0.5, 0.6) is 5.75 Å². The van der Waals surface area contributed by atoms with Gasteiger partial charge in [0.05, 0.1) is 0 Å². The summed E-state index contributed by atoms with van der Waals surface area (Å²) in [5, 5.41) is 17.3. The van der Waals surface area contributed by atoms with Crippen LogP contribution in [-0.4, -0.2) is 23.5 Å². The van der Waals surface area contributed by atoms with Gasteiger partial charge in [-0.15, -0.1) is 13.2 Å². The molecule has 0 amide bonds. The lowest BCUT2D eigenvalue weighted by Crippen LogP contribution is -2.30. The first-order valence-corrected chi connectivity index (χ1v) is 3.60. The molecule has 0 unspecified atom stereocenters. The summed E-state index contributed by atoms with van der Waals surface area (Å²) in [7, 11) is -1.81. The normalized spacial score (nSPS) is 11.2. The van der Waals surface area contributed by atoms with Gasteiger partial charge < -0.3 is 14.8 Å². The van der Waals surface area contributed by atoms with E-state index in [1.54, 1.807) is 0 Å². The topological polar surface area (TPSA) is 49.7 Å². The van der Waals surface area contributed by atoms with Crippen molar-refractivity contribution in [1.82, 2.24) is 0 Å². The second-order valence-electron chi connectivity index (χ2n) is 2.49. The summed E-state index contributed by atoms with van der Waals surface area (Å²) in [4.78, 5) is 0. The Hall–Kier alpha value is -1.21. The fourth-order valence-electron chi connectivity index (χ4n) is 0.872. The van der Waals surface area contributed by atoms with Crippen LogP contribution in [0.2, 0.25) is 0 Å². The Bertz CT molecular complexity index is 322. The molecule has 14 heavy (non-hydrogen) atoms. The number of alkyl halides is 3. The minimum Gasteiger partial charge on any atom is -0.423 e. The van der Waals surface area contributed by atoms with Crippen molar-refractivity contribution in [2.75, 3.05) is 0 Å². The van der Waals surface area contributed by atoms with Crippen molar-refractivity contribution in [1.29, 1.82) is 0 Å². The molecule has 1 aromatic rings. The second kappa shape index (κ2) is 3.89. The molecule has 0 bridgehead atoms. The van der Waals surface area contributed by atoms with Gasteiger partial charge >= 0.3 is 13.5 Å². The molecule has 0 aromatic heterocycles. The molecule has 0 heterocycles. The van der Waals surface area contributed by atoms with E-state index in [2.05, 4.69) is 4.74 Å². The van der Waals surface area contributed by atoms with Gasteiger partial charge in [-0.05, 0) is 17.6 Å². The first-order chi connectivity index (χ1) is 6.38. The van der Waals surface area contributed by atoms with Crippen molar-refractivity contribution in [2.45, 2.75) is 6.36 Å². The minimum absolute atomic E-state index is 0. The molecule has 0 saturated carbocycles. The Morgan fingerprint density at radius 3 is 2.43 bits per heavy atom. The van der Waals surface area contributed by atoms with Gasteiger partial charge in [-0.25, -0.2) is 0 Å². The van der Waals surface area contributed by atoms with Crippen molar-refractivity contribution >= 4 is 12.6 Å². The molecule has 0 atom stereocenters. The number of hydrogen-bond acceptors (Lipinski definition) is 3. The third-order valence-electron chi connectivity index (χ3n) is 1.39. The molecule has 1 aromatic carbocycles. The summed E-state index contributed by atoms with van der Waals surface area (Å²) in [6.07, 6.45) is -4.78. The number of ether oxygens (including phenoxy) is 1. The van der Waals surface area contributed by atoms with Crippen LogP contribution in [0.25, 0.3) is 0 Å². The predicted molar refractivity (Wildman–Crippen MR) is 47.2 cm³/mol. The summed E-state index contributed by atoms with van der Waals surface area (Å²) in [5.74, 6) is -0.483. The molecular formula is C7H10BF3O3. The molecule has 0 fully saturated rings. The second-order valence-corrected chi connectivity index (χ2v) is 2.49. The standard InChI is InChI=1S/C7H6BF3O3.2H2/c9-7(10,11)14-6-3-1-2-5(4-6)8(12)13;;/h1-4,12-13H;2*1H. The summed E-state index contributed by atoms with van der Waals surface area (Å²) >= 11 is 0. The summed E-state index contributed by atoms with van der Waals surface area (Å²) in [5.41, 5.74) is -0.0632. The zero-order chi connectivity index (χ0) is 10.8. The minimum atomic E-state index is -4.78. The van der Waals surface area contributed by atoms with Crippen molar-refractivity contribution in [3.63, 3.8) is 0 Å². The molecular weight excluding hydrogens is 200 g/mol. The summed E-state index contributed by atoms with van der Waals surface area (Å²) in [6.45, 7) is 0. The van der Waals surface area contributed by atoms with E-state index in [1.165, 1.54) is 12.1 Å². The van der Waals surface area contributed by atoms with Crippen molar-refractivity contribution in [2.24, 2.45) is 0 Å². The zero-order valence-corrected chi connectivity index (χ0v) is 6.82. The Morgan fingerprint density at radius 1 is 1.29 bits per heavy atom. The van der Waals surface area contributed by atoms with Gasteiger partial charge in [0.1, 0.15) is 5.75 Å². The van der Waals surface area contributed by atoms with Gasteiger partial charge in [-0.3, -0.25) is 0 Å². The molecule has 2 N–H and O–H groups in total. The molecule has 0 aliphatic rings. The SMILES string of the molecule is OB(O)c1cccc(OC(F)(F)F)c1.[HH].[HH]. The Kier molecular flexibility index (Phi) is 3.02. The average molecular weight is 210 g/mol. The first-order valence-electron chi connectivity index (χ1n) is 3.60. The zero-order valence-electron chi connectivity index (χ0n) is 6.82. The van der Waals surface area contributed by atoms with Crippen LogP contribution < -0.4 is 10.2 Å². The van der Waals surface area contributed by atoms with Crippen molar-refractivity contribution in [3.8, 4) is 5.75 Å². The lowest BCUT2D eigenvalue weighted by Gasteiger charge is -2.09. The van der Waals surface area contributed by atoms with Crippen LogP contribution in [0, 0.1) is 0 Å². The average Bonchev–Trinajstić information content (AvgIpc) is 2.01. The van der Waals surface area contributed by atoms with Gasteiger partial charge in [0.15, 0.2) is 0 Å². The van der Waals surface area contributed by atoms with Crippen LogP contribution in [0.1, 0.15) is 2.85 Å². The van der Waals surface area contributed by atoms with Gasteiger partial charge in [-0.1, -0.05) is 12.1 Å². The maximum atomic E-state index is 11.7. The van der Waals surface area contributed by atoms with Crippen molar-refractivity contribution < 1.29 is 30.8 Å². The highest BCUT2D eigenvalue weighted by atomic mass is 19.4. The molecule has 80 valence electrons. The quantitative estimate of drug-likeness (QED) is 0.708. The number of benzene rings is 1. The Morgan fingerprint density at radius 2 is 1.93 bits per heavy atom. The summed E-state index contributed by atoms with van der Waals surface area (Å²) < 4.78 is 38.8. The largest absolute Gasteiger partial charge is 0.573 e. The highest BCUT2D eigenvalue weighted by Crippen LogP contribution is 2.21. The molecule has 0 spiro atoms. The van der Waals surface area contributed by atoms with Gasteiger partial charge in [0, 0.05) is 2.85 Å². The fraction of sp³-hybridized carbons (Fsp3) is 0.143. The number of halogens is 3. The van der Waals surface area contributed by atoms with E-state index in [-0.39, 0.29) is 8.32 Å². The maximum Gasteiger partial charge on any atom is 0.573 e. The van der Waals surface area contributed by atoms with E-state index in [9.17, 15) is 13.2 Å². The lowest BCUT2D eigenvalue weighted by atomic mass is 9.80. The molecule has 0 saturated heterocycles. The Balaban J connectivity index is 0. The van der Waals surface area contributed by atoms with Gasteiger partial charge in [-0.2, -0.15) is 0 Å². The third-order valence-corrected chi connectivity index (χ3v) is 1.39. The van der Waals surface area contributed by atoms with Gasteiger partial charge in [0.2, 0.25) is 0 Å². The molecule has 3 nitrogen and oxygen atoms in total. The fourth-order valence-corrected chi connectivity index (χ4v) is 0.872. The summed E-state index contributed by atoms with van der Waals surface area (Å²) in [6, 6.07) is 4.47. The van der Waals surface area contributed by atoms with Crippen LogP contribution >= 0.6 is 0 Å². The smallest absolute Gasteiger partial charge is 0.423 e. The van der Waals surface area contributed by atoms with E-state index in [0.29, 0.717) is 0 Å². The van der Waals surface area contributed by atoms with E-state index >= 15 is 0 Å². The first kappa shape index (κ1) is 10.9. The predicted octanol–water partition coefficient (Wildman–Crippen LogP) is 0.757. The maximum absolute atomic E-state index is 11.7. The van der Waals surface area contributed by atoms with E-state index in [1.807, 2.05) is 0 Å².